The Kier molecular flexibility index (Phi) is 7.40. The summed E-state index contributed by atoms with van der Waals surface area (Å²) in [6.45, 7) is 0. The number of rotatable bonds is 8. The average Bonchev–Trinajstić information content (AvgIpc) is 2.88. The summed E-state index contributed by atoms with van der Waals surface area (Å²) in [7, 11) is 0. The number of carboxylic acid groups (broad SMARTS) is 2. The van der Waals surface area contributed by atoms with Crippen molar-refractivity contribution in [1.29, 1.82) is 0 Å². The van der Waals surface area contributed by atoms with Gasteiger partial charge in [0.2, 0.25) is 5.91 Å². The molecule has 4 aromatic carbocycles. The molecular weight excluding hydrogens is 496 g/mol. The maximum Gasteiger partial charge on any atom is 0.339 e. The fourth-order valence-corrected chi connectivity index (χ4v) is 4.37. The SMILES string of the molecule is O=C(CSc1ccc(NC(=O)c2cccc3cccc(C(=O)O)c23)cc1)Nc1ccc(O)c(C(=O)O)c1. The molecule has 0 saturated heterocycles. The van der Waals surface area contributed by atoms with Gasteiger partial charge in [0, 0.05) is 27.2 Å². The van der Waals surface area contributed by atoms with Crippen molar-refractivity contribution in [3.05, 3.63) is 95.6 Å². The lowest BCUT2D eigenvalue weighted by Crippen LogP contribution is -2.14. The molecule has 9 nitrogen and oxygen atoms in total. The summed E-state index contributed by atoms with van der Waals surface area (Å²) in [6.07, 6.45) is 0. The predicted octanol–water partition coefficient (Wildman–Crippen LogP) is 4.92. The lowest BCUT2D eigenvalue weighted by molar-refractivity contribution is -0.113. The molecule has 0 radical (unpaired) electrons. The fraction of sp³-hybridized carbons (Fsp3) is 0.0370. The van der Waals surface area contributed by atoms with Crippen molar-refractivity contribution in [2.45, 2.75) is 4.90 Å². The molecule has 0 bridgehead atoms. The van der Waals surface area contributed by atoms with Gasteiger partial charge in [0.1, 0.15) is 11.3 Å². The molecule has 10 heteroatoms. The van der Waals surface area contributed by atoms with Crippen molar-refractivity contribution >= 4 is 57.7 Å². The molecule has 0 aliphatic heterocycles. The molecular formula is C27H20N2O7S. The van der Waals surface area contributed by atoms with Crippen molar-refractivity contribution in [1.82, 2.24) is 0 Å². The lowest BCUT2D eigenvalue weighted by Gasteiger charge is -2.11. The number of anilines is 2. The average molecular weight is 517 g/mol. The number of thioether (sulfide) groups is 1. The Morgan fingerprint density at radius 1 is 0.703 bits per heavy atom. The molecule has 0 saturated carbocycles. The minimum Gasteiger partial charge on any atom is -0.507 e. The standard InChI is InChI=1S/C27H20N2O7S/c30-22-12-9-17(13-21(22)27(35)36)28-23(31)14-37-18-10-7-16(8-11-18)29-25(32)19-5-1-3-15-4-2-6-20(24(15)19)26(33)34/h1-13,30H,14H2,(H,28,31)(H,29,32)(H,33,34)(H,35,36). The van der Waals surface area contributed by atoms with Crippen LogP contribution in [-0.4, -0.2) is 44.8 Å². The Hall–Kier alpha value is -4.83. The maximum absolute atomic E-state index is 12.9. The number of amides is 2. The molecule has 0 unspecified atom stereocenters. The Morgan fingerprint density at radius 2 is 1.32 bits per heavy atom. The van der Waals surface area contributed by atoms with Crippen LogP contribution in [0.4, 0.5) is 11.4 Å². The molecule has 37 heavy (non-hydrogen) atoms. The van der Waals surface area contributed by atoms with Gasteiger partial charge in [-0.2, -0.15) is 0 Å². The molecule has 0 atom stereocenters. The van der Waals surface area contributed by atoms with Crippen LogP contribution in [0.2, 0.25) is 0 Å². The van der Waals surface area contributed by atoms with Crippen molar-refractivity contribution in [2.24, 2.45) is 0 Å². The normalized spacial score (nSPS) is 10.6. The number of carbonyl (C=O) groups is 4. The number of hydrogen-bond acceptors (Lipinski definition) is 6. The Bertz CT molecular complexity index is 1530. The van der Waals surface area contributed by atoms with Crippen LogP contribution in [0, 0.1) is 0 Å². The highest BCUT2D eigenvalue weighted by molar-refractivity contribution is 8.00. The van der Waals surface area contributed by atoms with Gasteiger partial charge in [-0.3, -0.25) is 9.59 Å². The second-order valence-electron chi connectivity index (χ2n) is 7.87. The predicted molar refractivity (Wildman–Crippen MR) is 140 cm³/mol. The van der Waals surface area contributed by atoms with Gasteiger partial charge >= 0.3 is 11.9 Å². The van der Waals surface area contributed by atoms with E-state index in [0.717, 1.165) is 4.90 Å². The van der Waals surface area contributed by atoms with E-state index in [9.17, 15) is 29.4 Å². The van der Waals surface area contributed by atoms with Gasteiger partial charge in [-0.15, -0.1) is 11.8 Å². The van der Waals surface area contributed by atoms with E-state index in [-0.39, 0.29) is 34.0 Å². The summed E-state index contributed by atoms with van der Waals surface area (Å²) in [4.78, 5) is 48.7. The van der Waals surface area contributed by atoms with Crippen LogP contribution >= 0.6 is 11.8 Å². The highest BCUT2D eigenvalue weighted by Crippen LogP contribution is 2.26. The van der Waals surface area contributed by atoms with Gasteiger partial charge < -0.3 is 26.0 Å². The highest BCUT2D eigenvalue weighted by atomic mass is 32.2. The van der Waals surface area contributed by atoms with E-state index in [4.69, 9.17) is 5.11 Å². The Morgan fingerprint density at radius 3 is 1.97 bits per heavy atom. The fourth-order valence-electron chi connectivity index (χ4n) is 3.67. The van der Waals surface area contributed by atoms with Crippen molar-refractivity contribution in [3.8, 4) is 5.75 Å². The summed E-state index contributed by atoms with van der Waals surface area (Å²) in [5.74, 6) is -3.59. The van der Waals surface area contributed by atoms with Crippen LogP contribution in [0.5, 0.6) is 5.75 Å². The molecule has 0 aliphatic rings. The zero-order valence-corrected chi connectivity index (χ0v) is 19.9. The summed E-state index contributed by atoms with van der Waals surface area (Å²) >= 11 is 1.24. The number of aromatic hydroxyl groups is 1. The van der Waals surface area contributed by atoms with E-state index >= 15 is 0 Å². The zero-order valence-electron chi connectivity index (χ0n) is 19.1. The van der Waals surface area contributed by atoms with Gasteiger partial charge in [0.25, 0.3) is 5.91 Å². The largest absolute Gasteiger partial charge is 0.507 e. The number of hydrogen-bond donors (Lipinski definition) is 5. The highest BCUT2D eigenvalue weighted by Gasteiger charge is 2.17. The van der Waals surface area contributed by atoms with Crippen LogP contribution in [0.1, 0.15) is 31.1 Å². The van der Waals surface area contributed by atoms with Gasteiger partial charge in [-0.05, 0) is 60.0 Å². The number of phenols is 1. The second kappa shape index (κ2) is 10.8. The third-order valence-corrected chi connectivity index (χ3v) is 6.38. The summed E-state index contributed by atoms with van der Waals surface area (Å²) in [5.41, 5.74) is 0.712. The maximum atomic E-state index is 12.9. The molecule has 0 spiro atoms. The van der Waals surface area contributed by atoms with Crippen LogP contribution in [-0.2, 0) is 4.79 Å². The Labute approximate surface area is 214 Å². The van der Waals surface area contributed by atoms with Crippen LogP contribution in [0.25, 0.3) is 10.8 Å². The number of nitrogens with one attached hydrogen (secondary N) is 2. The molecule has 5 N–H and O–H groups in total. The van der Waals surface area contributed by atoms with Crippen molar-refractivity contribution in [2.75, 3.05) is 16.4 Å². The summed E-state index contributed by atoms with van der Waals surface area (Å²) < 4.78 is 0. The van der Waals surface area contributed by atoms with E-state index < -0.39 is 23.6 Å². The molecule has 0 heterocycles. The number of carboxylic acids is 2. The molecule has 186 valence electrons. The third kappa shape index (κ3) is 5.88. The van der Waals surface area contributed by atoms with Gasteiger partial charge in [-0.25, -0.2) is 9.59 Å². The minimum atomic E-state index is -1.31. The molecule has 4 aromatic rings. The Balaban J connectivity index is 1.39. The summed E-state index contributed by atoms with van der Waals surface area (Å²) in [5, 5.41) is 34.5. The molecule has 0 fully saturated rings. The number of benzene rings is 4. The second-order valence-corrected chi connectivity index (χ2v) is 8.92. The quantitative estimate of drug-likeness (QED) is 0.163. The lowest BCUT2D eigenvalue weighted by atomic mass is 9.98. The van der Waals surface area contributed by atoms with E-state index in [2.05, 4.69) is 10.6 Å². The molecule has 4 rings (SSSR count). The molecule has 0 aliphatic carbocycles. The van der Waals surface area contributed by atoms with Crippen LogP contribution in [0.15, 0.2) is 83.8 Å². The third-order valence-electron chi connectivity index (χ3n) is 5.37. The monoisotopic (exact) mass is 516 g/mol. The summed E-state index contributed by atoms with van der Waals surface area (Å²) in [6, 6.07) is 20.4. The topological polar surface area (TPSA) is 153 Å². The van der Waals surface area contributed by atoms with E-state index in [1.165, 1.54) is 36.0 Å². The first-order chi connectivity index (χ1) is 17.7. The van der Waals surface area contributed by atoms with Crippen LogP contribution in [0.3, 0.4) is 0 Å². The zero-order chi connectivity index (χ0) is 26.5. The van der Waals surface area contributed by atoms with Crippen molar-refractivity contribution in [3.63, 3.8) is 0 Å². The smallest absolute Gasteiger partial charge is 0.339 e. The van der Waals surface area contributed by atoms with Gasteiger partial charge in [-0.1, -0.05) is 24.3 Å². The minimum absolute atomic E-state index is 0.0414. The number of carbonyl (C=O) groups excluding carboxylic acids is 2. The van der Waals surface area contributed by atoms with Gasteiger partial charge in [0.05, 0.1) is 11.3 Å². The number of fused-ring (bicyclic) bond motifs is 1. The van der Waals surface area contributed by atoms with Crippen molar-refractivity contribution < 1.29 is 34.5 Å². The van der Waals surface area contributed by atoms with Crippen LogP contribution < -0.4 is 10.6 Å². The molecule has 0 aromatic heterocycles. The first kappa shape index (κ1) is 25.3. The van der Waals surface area contributed by atoms with E-state index in [1.807, 2.05) is 0 Å². The first-order valence-electron chi connectivity index (χ1n) is 10.9. The van der Waals surface area contributed by atoms with E-state index in [1.54, 1.807) is 54.6 Å². The van der Waals surface area contributed by atoms with E-state index in [0.29, 0.717) is 16.5 Å². The first-order valence-corrected chi connectivity index (χ1v) is 11.9. The molecule has 2 amide bonds. The van der Waals surface area contributed by atoms with Gasteiger partial charge in [0.15, 0.2) is 0 Å². The number of aromatic carboxylic acids is 2.